The van der Waals surface area contributed by atoms with Gasteiger partial charge in [-0.25, -0.2) is 4.98 Å². The van der Waals surface area contributed by atoms with Gasteiger partial charge >= 0.3 is 0 Å². The smallest absolute Gasteiger partial charge is 0.203 e. The lowest BCUT2D eigenvalue weighted by Crippen LogP contribution is -1.97. The summed E-state index contributed by atoms with van der Waals surface area (Å²) in [6, 6.07) is 7.81. The number of rotatable bonds is 6. The Morgan fingerprint density at radius 1 is 1.25 bits per heavy atom. The number of nitrogens with one attached hydrogen (secondary N) is 1. The summed E-state index contributed by atoms with van der Waals surface area (Å²) in [5.74, 6) is 1.27. The Bertz CT molecular complexity index is 847. The van der Waals surface area contributed by atoms with Gasteiger partial charge in [0, 0.05) is 15.4 Å². The van der Waals surface area contributed by atoms with Crippen molar-refractivity contribution in [3.8, 4) is 22.1 Å². The monoisotopic (exact) mass is 423 g/mol. The topological polar surface area (TPSA) is 55.7 Å². The zero-order valence-corrected chi connectivity index (χ0v) is 16.2. The number of nitrogens with zero attached hydrogens (tertiary/aromatic N) is 2. The molecule has 0 saturated heterocycles. The molecule has 0 saturated carbocycles. The molecule has 0 aliphatic heterocycles. The second kappa shape index (κ2) is 7.78. The van der Waals surface area contributed by atoms with Crippen molar-refractivity contribution in [1.82, 2.24) is 4.98 Å². The number of hydrazone groups is 1. The summed E-state index contributed by atoms with van der Waals surface area (Å²) in [5, 5.41) is 9.02. The molecule has 0 unspecified atom stereocenters. The Morgan fingerprint density at radius 3 is 2.83 bits per heavy atom. The number of hydrogen-bond acceptors (Lipinski definition) is 7. The molecule has 3 aromatic rings. The van der Waals surface area contributed by atoms with E-state index in [1.807, 2.05) is 35.0 Å². The standard InChI is InChI=1S/C16H14BrN3O2S2/c1-21-13-7-11(17)6-10(15(13)22-2)8-18-20-16-19-12(9-24-16)14-4-3-5-23-14/h3-9H,1-2H3,(H,19,20)/b18-8-. The predicted octanol–water partition coefficient (Wildman–Crippen LogP) is 5.10. The third-order valence-corrected chi connectivity index (χ3v) is 5.21. The quantitative estimate of drug-likeness (QED) is 0.442. The molecule has 24 heavy (non-hydrogen) atoms. The van der Waals surface area contributed by atoms with Crippen molar-refractivity contribution in [2.75, 3.05) is 19.6 Å². The van der Waals surface area contributed by atoms with Crippen LogP contribution in [0.15, 0.2) is 44.6 Å². The van der Waals surface area contributed by atoms with Gasteiger partial charge in [0.15, 0.2) is 11.5 Å². The Kier molecular flexibility index (Phi) is 5.49. The Balaban J connectivity index is 1.76. The SMILES string of the molecule is COc1cc(Br)cc(/C=N\Nc2nc(-c3cccs3)cs2)c1OC. The van der Waals surface area contributed by atoms with Crippen LogP contribution in [-0.4, -0.2) is 25.4 Å². The van der Waals surface area contributed by atoms with E-state index < -0.39 is 0 Å². The maximum atomic E-state index is 5.40. The van der Waals surface area contributed by atoms with Crippen molar-refractivity contribution in [3.63, 3.8) is 0 Å². The van der Waals surface area contributed by atoms with Crippen LogP contribution in [0, 0.1) is 0 Å². The summed E-state index contributed by atoms with van der Waals surface area (Å²) in [4.78, 5) is 5.66. The van der Waals surface area contributed by atoms with Gasteiger partial charge in [0.25, 0.3) is 0 Å². The fraction of sp³-hybridized carbons (Fsp3) is 0.125. The Morgan fingerprint density at radius 2 is 2.12 bits per heavy atom. The van der Waals surface area contributed by atoms with Gasteiger partial charge in [-0.15, -0.1) is 22.7 Å². The molecular formula is C16H14BrN3O2S2. The third kappa shape index (κ3) is 3.77. The van der Waals surface area contributed by atoms with Gasteiger partial charge in [-0.3, -0.25) is 5.43 Å². The lowest BCUT2D eigenvalue weighted by atomic mass is 10.2. The number of methoxy groups -OCH3 is 2. The molecule has 1 aromatic carbocycles. The van der Waals surface area contributed by atoms with E-state index in [2.05, 4.69) is 31.4 Å². The molecule has 5 nitrogen and oxygen atoms in total. The molecule has 1 N–H and O–H groups in total. The minimum Gasteiger partial charge on any atom is -0.493 e. The first-order valence-corrected chi connectivity index (χ1v) is 9.46. The van der Waals surface area contributed by atoms with Gasteiger partial charge < -0.3 is 9.47 Å². The second-order valence-electron chi connectivity index (χ2n) is 4.62. The van der Waals surface area contributed by atoms with E-state index in [-0.39, 0.29) is 0 Å². The Labute approximate surface area is 156 Å². The number of halogens is 1. The van der Waals surface area contributed by atoms with Gasteiger partial charge in [-0.05, 0) is 23.6 Å². The minimum absolute atomic E-state index is 0.629. The maximum Gasteiger partial charge on any atom is 0.203 e. The largest absolute Gasteiger partial charge is 0.493 e. The number of anilines is 1. The number of benzene rings is 1. The molecule has 8 heteroatoms. The number of ether oxygens (including phenoxy) is 2. The van der Waals surface area contributed by atoms with Gasteiger partial charge in [-0.2, -0.15) is 5.10 Å². The zero-order chi connectivity index (χ0) is 16.9. The van der Waals surface area contributed by atoms with Crippen LogP contribution in [0.3, 0.4) is 0 Å². The average molecular weight is 424 g/mol. The number of aromatic nitrogens is 1. The van der Waals surface area contributed by atoms with Crippen LogP contribution >= 0.6 is 38.6 Å². The first-order valence-electron chi connectivity index (χ1n) is 6.91. The first kappa shape index (κ1) is 16.9. The van der Waals surface area contributed by atoms with E-state index in [1.165, 1.54) is 11.3 Å². The van der Waals surface area contributed by atoms with Crippen molar-refractivity contribution < 1.29 is 9.47 Å². The van der Waals surface area contributed by atoms with Crippen molar-refractivity contribution >= 4 is 49.9 Å². The summed E-state index contributed by atoms with van der Waals surface area (Å²) in [7, 11) is 3.20. The Hall–Kier alpha value is -1.90. The van der Waals surface area contributed by atoms with Crippen molar-refractivity contribution in [2.24, 2.45) is 5.10 Å². The van der Waals surface area contributed by atoms with Crippen LogP contribution in [0.2, 0.25) is 0 Å². The second-order valence-corrected chi connectivity index (χ2v) is 7.34. The van der Waals surface area contributed by atoms with Gasteiger partial charge in [0.05, 0.1) is 31.0 Å². The molecule has 3 rings (SSSR count). The van der Waals surface area contributed by atoms with Crippen molar-refractivity contribution in [1.29, 1.82) is 0 Å². The van der Waals surface area contributed by atoms with Gasteiger partial charge in [-0.1, -0.05) is 22.0 Å². The molecule has 0 spiro atoms. The van der Waals surface area contributed by atoms with Crippen LogP contribution < -0.4 is 14.9 Å². The molecule has 0 aliphatic carbocycles. The third-order valence-electron chi connectivity index (χ3n) is 3.11. The highest BCUT2D eigenvalue weighted by Crippen LogP contribution is 2.33. The van der Waals surface area contributed by atoms with E-state index >= 15 is 0 Å². The maximum absolute atomic E-state index is 5.40. The highest BCUT2D eigenvalue weighted by atomic mass is 79.9. The number of thiazole rings is 1. The molecule has 2 heterocycles. The summed E-state index contributed by atoms with van der Waals surface area (Å²) in [5.41, 5.74) is 4.70. The molecule has 0 amide bonds. The molecule has 2 aromatic heterocycles. The summed E-state index contributed by atoms with van der Waals surface area (Å²) in [6.07, 6.45) is 1.68. The summed E-state index contributed by atoms with van der Waals surface area (Å²) < 4.78 is 11.6. The lowest BCUT2D eigenvalue weighted by Gasteiger charge is -2.10. The molecule has 0 atom stereocenters. The van der Waals surface area contributed by atoms with Crippen LogP contribution in [-0.2, 0) is 0 Å². The number of hydrogen-bond donors (Lipinski definition) is 1. The molecule has 0 fully saturated rings. The lowest BCUT2D eigenvalue weighted by molar-refractivity contribution is 0.354. The first-order chi connectivity index (χ1) is 11.7. The highest BCUT2D eigenvalue weighted by Gasteiger charge is 2.10. The highest BCUT2D eigenvalue weighted by molar-refractivity contribution is 9.10. The van der Waals surface area contributed by atoms with Crippen LogP contribution in [0.1, 0.15) is 5.56 Å². The molecular weight excluding hydrogens is 410 g/mol. The van der Waals surface area contributed by atoms with E-state index in [1.54, 1.807) is 31.8 Å². The summed E-state index contributed by atoms with van der Waals surface area (Å²) in [6.45, 7) is 0. The average Bonchev–Trinajstić information content (AvgIpc) is 3.25. The van der Waals surface area contributed by atoms with Gasteiger partial charge in [0.2, 0.25) is 5.13 Å². The van der Waals surface area contributed by atoms with E-state index in [0.717, 1.165) is 25.7 Å². The van der Waals surface area contributed by atoms with E-state index in [0.29, 0.717) is 11.5 Å². The molecule has 0 aliphatic rings. The van der Waals surface area contributed by atoms with Crippen LogP contribution in [0.4, 0.5) is 5.13 Å². The van der Waals surface area contributed by atoms with E-state index in [4.69, 9.17) is 9.47 Å². The normalized spacial score (nSPS) is 11.0. The fourth-order valence-electron chi connectivity index (χ4n) is 2.07. The van der Waals surface area contributed by atoms with E-state index in [9.17, 15) is 0 Å². The zero-order valence-electron chi connectivity index (χ0n) is 12.9. The molecule has 124 valence electrons. The van der Waals surface area contributed by atoms with Crippen LogP contribution in [0.5, 0.6) is 11.5 Å². The predicted molar refractivity (Wildman–Crippen MR) is 104 cm³/mol. The molecule has 0 bridgehead atoms. The van der Waals surface area contributed by atoms with Crippen molar-refractivity contribution in [2.45, 2.75) is 0 Å². The number of thiophene rings is 1. The minimum atomic E-state index is 0.629. The fourth-order valence-corrected chi connectivity index (χ4v) is 3.95. The van der Waals surface area contributed by atoms with Crippen LogP contribution in [0.25, 0.3) is 10.6 Å². The van der Waals surface area contributed by atoms with Gasteiger partial charge in [0.1, 0.15) is 0 Å². The molecule has 0 radical (unpaired) electrons. The summed E-state index contributed by atoms with van der Waals surface area (Å²) >= 11 is 6.62. The van der Waals surface area contributed by atoms with Crippen molar-refractivity contribution in [3.05, 3.63) is 45.1 Å².